The number of rotatable bonds is 6. The number of hydrogen-bond acceptors (Lipinski definition) is 8. The number of nitrogens with one attached hydrogen (secondary N) is 1. The summed E-state index contributed by atoms with van der Waals surface area (Å²) in [4.78, 5) is 15.7. The summed E-state index contributed by atoms with van der Waals surface area (Å²) in [6.07, 6.45) is 3.52. The first-order valence-corrected chi connectivity index (χ1v) is 12.1. The molecule has 0 saturated carbocycles. The van der Waals surface area contributed by atoms with E-state index in [1.165, 1.54) is 11.1 Å². The van der Waals surface area contributed by atoms with Crippen LogP contribution in [0.2, 0.25) is 0 Å². The van der Waals surface area contributed by atoms with Gasteiger partial charge in [-0.3, -0.25) is 0 Å². The normalized spacial score (nSPS) is 16.0. The lowest BCUT2D eigenvalue weighted by molar-refractivity contribution is -0.0402. The number of aliphatic hydroxyl groups is 1. The Balaban J connectivity index is 2.01. The number of aliphatic hydroxyl groups excluding tert-OH is 1. The van der Waals surface area contributed by atoms with Crippen LogP contribution in [0, 0.1) is 0 Å². The first-order valence-electron chi connectivity index (χ1n) is 10.0. The molecule has 8 heteroatoms. The summed E-state index contributed by atoms with van der Waals surface area (Å²) in [6.45, 7) is 10.1. The zero-order valence-electron chi connectivity index (χ0n) is 17.6. The number of anilines is 1. The van der Waals surface area contributed by atoms with Gasteiger partial charge in [0.15, 0.2) is 5.16 Å². The van der Waals surface area contributed by atoms with E-state index in [0.29, 0.717) is 25.5 Å². The number of fused-ring (bicyclic) bond motifs is 5. The molecule has 0 saturated heterocycles. The van der Waals surface area contributed by atoms with E-state index < -0.39 is 0 Å². The lowest BCUT2D eigenvalue weighted by Crippen LogP contribution is -2.32. The molecule has 3 aromatic rings. The zero-order valence-corrected chi connectivity index (χ0v) is 19.3. The Morgan fingerprint density at radius 2 is 2.03 bits per heavy atom. The summed E-state index contributed by atoms with van der Waals surface area (Å²) < 4.78 is 7.18. The Morgan fingerprint density at radius 1 is 1.24 bits per heavy atom. The number of ether oxygens (including phenoxy) is 1. The minimum atomic E-state index is -0.207. The van der Waals surface area contributed by atoms with E-state index in [2.05, 4.69) is 33.0 Å². The zero-order chi connectivity index (χ0) is 20.8. The van der Waals surface area contributed by atoms with Gasteiger partial charge in [-0.25, -0.2) is 15.0 Å². The number of pyridine rings is 1. The molecule has 0 aromatic carbocycles. The third-order valence-electron chi connectivity index (χ3n) is 5.26. The average Bonchev–Trinajstić information content (AvgIpc) is 3.05. The molecule has 0 amide bonds. The van der Waals surface area contributed by atoms with Gasteiger partial charge in [0.05, 0.1) is 28.1 Å². The summed E-state index contributed by atoms with van der Waals surface area (Å²) in [5, 5.41) is 14.4. The van der Waals surface area contributed by atoms with Gasteiger partial charge in [0.1, 0.15) is 10.6 Å². The first-order chi connectivity index (χ1) is 13.8. The average molecular weight is 433 g/mol. The van der Waals surface area contributed by atoms with Gasteiger partial charge in [-0.1, -0.05) is 25.6 Å². The van der Waals surface area contributed by atoms with Crippen LogP contribution in [0.25, 0.3) is 20.4 Å². The van der Waals surface area contributed by atoms with Crippen LogP contribution in [0.4, 0.5) is 5.82 Å². The van der Waals surface area contributed by atoms with Crippen molar-refractivity contribution >= 4 is 49.3 Å². The highest BCUT2D eigenvalue weighted by atomic mass is 32.2. The molecule has 0 spiro atoms. The van der Waals surface area contributed by atoms with E-state index >= 15 is 0 Å². The predicted octanol–water partition coefficient (Wildman–Crippen LogP) is 4.73. The van der Waals surface area contributed by atoms with Crippen molar-refractivity contribution < 1.29 is 9.84 Å². The Bertz CT molecular complexity index is 1060. The quantitative estimate of drug-likeness (QED) is 0.331. The van der Waals surface area contributed by atoms with Gasteiger partial charge < -0.3 is 15.2 Å². The molecule has 0 bridgehead atoms. The van der Waals surface area contributed by atoms with Crippen LogP contribution < -0.4 is 5.32 Å². The van der Waals surface area contributed by atoms with Crippen molar-refractivity contribution in [1.82, 2.24) is 15.0 Å². The Morgan fingerprint density at radius 3 is 2.72 bits per heavy atom. The molecule has 4 rings (SSSR count). The van der Waals surface area contributed by atoms with E-state index in [0.717, 1.165) is 43.5 Å². The molecule has 29 heavy (non-hydrogen) atoms. The monoisotopic (exact) mass is 432 g/mol. The van der Waals surface area contributed by atoms with Crippen molar-refractivity contribution in [3.63, 3.8) is 0 Å². The van der Waals surface area contributed by atoms with Crippen molar-refractivity contribution in [3.8, 4) is 0 Å². The van der Waals surface area contributed by atoms with Crippen LogP contribution in [0.1, 0.15) is 56.9 Å². The second-order valence-corrected chi connectivity index (χ2v) is 10.1. The van der Waals surface area contributed by atoms with Crippen LogP contribution in [0.3, 0.4) is 0 Å². The maximum absolute atomic E-state index is 9.14. The van der Waals surface area contributed by atoms with Gasteiger partial charge in [-0.05, 0) is 38.0 Å². The largest absolute Gasteiger partial charge is 0.396 e. The molecule has 0 atom stereocenters. The lowest BCUT2D eigenvalue weighted by Gasteiger charge is -2.33. The number of hydrogen-bond donors (Lipinski definition) is 2. The van der Waals surface area contributed by atoms with Crippen molar-refractivity contribution in [2.45, 2.75) is 63.8 Å². The van der Waals surface area contributed by atoms with Gasteiger partial charge >= 0.3 is 0 Å². The Kier molecular flexibility index (Phi) is 5.72. The molecule has 0 unspecified atom stereocenters. The molecule has 0 fully saturated rings. The van der Waals surface area contributed by atoms with Gasteiger partial charge in [0, 0.05) is 30.5 Å². The molecular formula is C21H28N4O2S2. The lowest BCUT2D eigenvalue weighted by atomic mass is 9.87. The molecule has 1 aliphatic heterocycles. The van der Waals surface area contributed by atoms with Crippen molar-refractivity contribution in [2.24, 2.45) is 0 Å². The third-order valence-corrected chi connectivity index (χ3v) is 6.89. The van der Waals surface area contributed by atoms with E-state index in [1.807, 2.05) is 6.26 Å². The fraction of sp³-hybridized carbons (Fsp3) is 0.571. The molecule has 0 radical (unpaired) electrons. The second-order valence-electron chi connectivity index (χ2n) is 8.36. The molecule has 4 heterocycles. The number of thiophene rings is 1. The molecular weight excluding hydrogens is 404 g/mol. The van der Waals surface area contributed by atoms with Crippen LogP contribution in [0.5, 0.6) is 0 Å². The third kappa shape index (κ3) is 3.83. The highest BCUT2D eigenvalue weighted by Gasteiger charge is 2.32. The summed E-state index contributed by atoms with van der Waals surface area (Å²) in [7, 11) is 0. The molecule has 2 N–H and O–H groups in total. The van der Waals surface area contributed by atoms with E-state index in [9.17, 15) is 0 Å². The Hall–Kier alpha value is -1.48. The topological polar surface area (TPSA) is 80.2 Å². The summed E-state index contributed by atoms with van der Waals surface area (Å²) in [5.41, 5.74) is 4.45. The molecule has 156 valence electrons. The van der Waals surface area contributed by atoms with Crippen LogP contribution in [-0.2, 0) is 17.8 Å². The van der Waals surface area contributed by atoms with Gasteiger partial charge in [0.25, 0.3) is 0 Å². The SMILES string of the molecule is CSc1nc(NCCCO)c2sc3nc(C(C)C)c4c(c3c2n1)CC(C)(C)OC4. The standard InChI is InChI=1S/C21H28N4O2S2/c1-11(2)15-13-10-27-21(3,4)9-12(13)14-16-17(29-19(14)23-15)18(22-7-6-8-26)25-20(24-16)28-5/h11,26H,6-10H2,1-5H3,(H,22,24,25). The number of nitrogens with zero attached hydrogens (tertiary/aromatic N) is 3. The van der Waals surface area contributed by atoms with Crippen LogP contribution in [0.15, 0.2) is 5.16 Å². The minimum absolute atomic E-state index is 0.158. The maximum atomic E-state index is 9.14. The highest BCUT2D eigenvalue weighted by molar-refractivity contribution is 7.98. The van der Waals surface area contributed by atoms with Crippen molar-refractivity contribution in [2.75, 3.05) is 24.7 Å². The summed E-state index contributed by atoms with van der Waals surface area (Å²) in [5.74, 6) is 1.17. The predicted molar refractivity (Wildman–Crippen MR) is 121 cm³/mol. The summed E-state index contributed by atoms with van der Waals surface area (Å²) >= 11 is 3.20. The van der Waals surface area contributed by atoms with Gasteiger partial charge in [-0.15, -0.1) is 11.3 Å². The minimum Gasteiger partial charge on any atom is -0.396 e. The first kappa shape index (κ1) is 20.8. The maximum Gasteiger partial charge on any atom is 0.189 e. The van der Waals surface area contributed by atoms with E-state index in [4.69, 9.17) is 24.8 Å². The van der Waals surface area contributed by atoms with Crippen LogP contribution >= 0.6 is 23.1 Å². The van der Waals surface area contributed by atoms with Crippen molar-refractivity contribution in [1.29, 1.82) is 0 Å². The van der Waals surface area contributed by atoms with E-state index in [1.54, 1.807) is 23.1 Å². The second kappa shape index (κ2) is 7.98. The molecule has 3 aromatic heterocycles. The molecule has 1 aliphatic rings. The van der Waals surface area contributed by atoms with Gasteiger partial charge in [-0.2, -0.15) is 0 Å². The highest BCUT2D eigenvalue weighted by Crippen LogP contribution is 2.43. The summed E-state index contributed by atoms with van der Waals surface area (Å²) in [6, 6.07) is 0. The van der Waals surface area contributed by atoms with E-state index in [-0.39, 0.29) is 12.2 Å². The smallest absolute Gasteiger partial charge is 0.189 e. The number of aromatic nitrogens is 3. The fourth-order valence-corrected chi connectivity index (χ4v) is 5.34. The molecule has 0 aliphatic carbocycles. The van der Waals surface area contributed by atoms with Crippen LogP contribution in [-0.4, -0.2) is 45.1 Å². The fourth-order valence-electron chi connectivity index (χ4n) is 3.85. The Labute approximate surface area is 179 Å². The van der Waals surface area contributed by atoms with Crippen molar-refractivity contribution in [3.05, 3.63) is 16.8 Å². The van der Waals surface area contributed by atoms with Gasteiger partial charge in [0.2, 0.25) is 0 Å². The number of thioether (sulfide) groups is 1. The molecule has 6 nitrogen and oxygen atoms in total.